The van der Waals surface area contributed by atoms with Gasteiger partial charge in [0, 0.05) is 36.5 Å². The minimum atomic E-state index is -0.102. The predicted molar refractivity (Wildman–Crippen MR) is 87.4 cm³/mol. The summed E-state index contributed by atoms with van der Waals surface area (Å²) in [5.41, 5.74) is 2.92. The molecule has 1 aliphatic heterocycles. The maximum Gasteiger partial charge on any atom is 0.269 e. The van der Waals surface area contributed by atoms with Crippen LogP contribution < -0.4 is 10.2 Å². The number of nitrogens with one attached hydrogen (secondary N) is 2. The highest BCUT2D eigenvalue weighted by molar-refractivity contribution is 6.30. The zero-order valence-corrected chi connectivity index (χ0v) is 13.2. The number of rotatable bonds is 4. The van der Waals surface area contributed by atoms with Gasteiger partial charge in [-0.3, -0.25) is 9.89 Å². The topological polar surface area (TPSA) is 61.0 Å². The Bertz CT molecular complexity index is 656. The van der Waals surface area contributed by atoms with Crippen LogP contribution in [0.4, 0.5) is 5.69 Å². The van der Waals surface area contributed by atoms with Gasteiger partial charge in [0.2, 0.25) is 0 Å². The Morgan fingerprint density at radius 3 is 3.14 bits per heavy atom. The molecule has 6 heteroatoms. The number of carbonyl (C=O) groups excluding carboxylic acids is 1. The fourth-order valence-electron chi connectivity index (χ4n) is 2.86. The molecule has 1 aromatic heterocycles. The third-order valence-electron chi connectivity index (χ3n) is 4.09. The summed E-state index contributed by atoms with van der Waals surface area (Å²) in [5, 5.41) is 10.2. The second-order valence-electron chi connectivity index (χ2n) is 5.71. The lowest BCUT2D eigenvalue weighted by atomic mass is 10.1. The number of carbonyl (C=O) groups is 1. The van der Waals surface area contributed by atoms with Crippen molar-refractivity contribution in [1.29, 1.82) is 0 Å². The van der Waals surface area contributed by atoms with Gasteiger partial charge in [0.15, 0.2) is 0 Å². The third-order valence-corrected chi connectivity index (χ3v) is 4.33. The second kappa shape index (κ2) is 6.40. The first kappa shape index (κ1) is 14.9. The van der Waals surface area contributed by atoms with E-state index in [2.05, 4.69) is 27.3 Å². The van der Waals surface area contributed by atoms with Crippen LogP contribution in [0.25, 0.3) is 0 Å². The Morgan fingerprint density at radius 1 is 1.50 bits per heavy atom. The highest BCUT2D eigenvalue weighted by Gasteiger charge is 2.24. The molecule has 22 heavy (non-hydrogen) atoms. The van der Waals surface area contributed by atoms with Crippen LogP contribution in [0, 0.1) is 12.8 Å². The molecule has 116 valence electrons. The van der Waals surface area contributed by atoms with E-state index in [0.717, 1.165) is 24.5 Å². The molecule has 0 saturated carbocycles. The van der Waals surface area contributed by atoms with Crippen LogP contribution >= 0.6 is 11.6 Å². The first-order chi connectivity index (χ1) is 10.6. The largest absolute Gasteiger partial charge is 0.371 e. The fraction of sp³-hybridized carbons (Fsp3) is 0.375. The van der Waals surface area contributed by atoms with Crippen LogP contribution in [-0.2, 0) is 0 Å². The van der Waals surface area contributed by atoms with Gasteiger partial charge < -0.3 is 10.2 Å². The Labute approximate surface area is 134 Å². The summed E-state index contributed by atoms with van der Waals surface area (Å²) in [7, 11) is 0. The summed E-state index contributed by atoms with van der Waals surface area (Å²) < 4.78 is 0. The standard InChI is InChI=1S/C16H19ClN4O/c1-11-2-3-13(17)8-15(11)21-7-5-12(10-21)9-18-16(22)14-4-6-19-20-14/h2-4,6,8,12H,5,7,9-10H2,1H3,(H,18,22)(H,19,20). The number of H-pyrrole nitrogens is 1. The van der Waals surface area contributed by atoms with E-state index in [1.54, 1.807) is 12.3 Å². The highest BCUT2D eigenvalue weighted by atomic mass is 35.5. The van der Waals surface area contributed by atoms with Crippen molar-refractivity contribution in [3.8, 4) is 0 Å². The molecule has 1 aromatic carbocycles. The molecule has 1 atom stereocenters. The molecule has 1 amide bonds. The molecular weight excluding hydrogens is 300 g/mol. The van der Waals surface area contributed by atoms with E-state index in [1.165, 1.54) is 11.3 Å². The summed E-state index contributed by atoms with van der Waals surface area (Å²) in [6.45, 7) is 4.70. The molecule has 0 aliphatic carbocycles. The van der Waals surface area contributed by atoms with Gasteiger partial charge in [-0.15, -0.1) is 0 Å². The summed E-state index contributed by atoms with van der Waals surface area (Å²) in [6.07, 6.45) is 2.64. The number of hydrogen-bond donors (Lipinski definition) is 2. The number of hydrogen-bond acceptors (Lipinski definition) is 3. The Hall–Kier alpha value is -2.01. The van der Waals surface area contributed by atoms with Gasteiger partial charge in [0.25, 0.3) is 5.91 Å². The molecular formula is C16H19ClN4O. The summed E-state index contributed by atoms with van der Waals surface area (Å²) >= 11 is 6.10. The van der Waals surface area contributed by atoms with Crippen molar-refractivity contribution >= 4 is 23.2 Å². The number of anilines is 1. The Kier molecular flexibility index (Phi) is 4.34. The normalized spacial score (nSPS) is 17.7. The van der Waals surface area contributed by atoms with Crippen molar-refractivity contribution < 1.29 is 4.79 Å². The van der Waals surface area contributed by atoms with Gasteiger partial charge in [0.1, 0.15) is 5.69 Å². The SMILES string of the molecule is Cc1ccc(Cl)cc1N1CCC(CNC(=O)c2ccn[nH]2)C1. The minimum Gasteiger partial charge on any atom is -0.371 e. The smallest absolute Gasteiger partial charge is 0.269 e. The highest BCUT2D eigenvalue weighted by Crippen LogP contribution is 2.29. The molecule has 1 fully saturated rings. The first-order valence-corrected chi connectivity index (χ1v) is 7.80. The average Bonchev–Trinajstić information content (AvgIpc) is 3.18. The van der Waals surface area contributed by atoms with E-state index in [0.29, 0.717) is 18.2 Å². The number of aryl methyl sites for hydroxylation is 1. The summed E-state index contributed by atoms with van der Waals surface area (Å²) in [4.78, 5) is 14.2. The quantitative estimate of drug-likeness (QED) is 0.911. The van der Waals surface area contributed by atoms with Crippen molar-refractivity contribution in [1.82, 2.24) is 15.5 Å². The molecule has 1 unspecified atom stereocenters. The molecule has 3 rings (SSSR count). The monoisotopic (exact) mass is 318 g/mol. The number of benzene rings is 1. The number of aromatic nitrogens is 2. The predicted octanol–water partition coefficient (Wildman–Crippen LogP) is 2.63. The van der Waals surface area contributed by atoms with Crippen molar-refractivity contribution in [3.63, 3.8) is 0 Å². The maximum absolute atomic E-state index is 11.9. The van der Waals surface area contributed by atoms with Gasteiger partial charge in [-0.2, -0.15) is 5.10 Å². The number of halogens is 1. The molecule has 2 aromatic rings. The summed E-state index contributed by atoms with van der Waals surface area (Å²) in [6, 6.07) is 7.65. The van der Waals surface area contributed by atoms with Crippen molar-refractivity contribution in [2.45, 2.75) is 13.3 Å². The number of aromatic amines is 1. The molecule has 5 nitrogen and oxygen atoms in total. The van der Waals surface area contributed by atoms with Crippen LogP contribution in [0.3, 0.4) is 0 Å². The van der Waals surface area contributed by atoms with Gasteiger partial charge in [-0.25, -0.2) is 0 Å². The lowest BCUT2D eigenvalue weighted by Gasteiger charge is -2.21. The number of amides is 1. The maximum atomic E-state index is 11.9. The molecule has 0 radical (unpaired) electrons. The van der Waals surface area contributed by atoms with E-state index in [-0.39, 0.29) is 5.91 Å². The lowest BCUT2D eigenvalue weighted by Crippen LogP contribution is -2.31. The van der Waals surface area contributed by atoms with Crippen molar-refractivity contribution in [2.75, 3.05) is 24.5 Å². The van der Waals surface area contributed by atoms with E-state index in [9.17, 15) is 4.79 Å². The fourth-order valence-corrected chi connectivity index (χ4v) is 3.02. The molecule has 0 spiro atoms. The third kappa shape index (κ3) is 3.25. The molecule has 2 N–H and O–H groups in total. The van der Waals surface area contributed by atoms with Crippen molar-refractivity contribution in [2.24, 2.45) is 5.92 Å². The molecule has 1 aliphatic rings. The van der Waals surface area contributed by atoms with Crippen molar-refractivity contribution in [3.05, 3.63) is 46.7 Å². The van der Waals surface area contributed by atoms with E-state index in [1.807, 2.05) is 18.2 Å². The lowest BCUT2D eigenvalue weighted by molar-refractivity contribution is 0.0943. The van der Waals surface area contributed by atoms with Gasteiger partial charge >= 0.3 is 0 Å². The van der Waals surface area contributed by atoms with E-state index >= 15 is 0 Å². The Balaban J connectivity index is 1.56. The van der Waals surface area contributed by atoms with Gasteiger partial charge in [-0.1, -0.05) is 17.7 Å². The van der Waals surface area contributed by atoms with Gasteiger partial charge in [-0.05, 0) is 43.0 Å². The summed E-state index contributed by atoms with van der Waals surface area (Å²) in [5.74, 6) is 0.347. The molecule has 1 saturated heterocycles. The van der Waals surface area contributed by atoms with Crippen LogP contribution in [0.15, 0.2) is 30.5 Å². The molecule has 2 heterocycles. The average molecular weight is 319 g/mol. The minimum absolute atomic E-state index is 0.102. The number of nitrogens with zero attached hydrogens (tertiary/aromatic N) is 2. The van der Waals surface area contributed by atoms with E-state index < -0.39 is 0 Å². The van der Waals surface area contributed by atoms with Crippen LogP contribution in [0.1, 0.15) is 22.5 Å². The first-order valence-electron chi connectivity index (χ1n) is 7.42. The van der Waals surface area contributed by atoms with Crippen LogP contribution in [0.5, 0.6) is 0 Å². The van der Waals surface area contributed by atoms with Crippen LogP contribution in [0.2, 0.25) is 5.02 Å². The van der Waals surface area contributed by atoms with Gasteiger partial charge in [0.05, 0.1) is 0 Å². The zero-order chi connectivity index (χ0) is 15.5. The van der Waals surface area contributed by atoms with Crippen LogP contribution in [-0.4, -0.2) is 35.7 Å². The van der Waals surface area contributed by atoms with E-state index in [4.69, 9.17) is 11.6 Å². The Morgan fingerprint density at radius 2 is 2.36 bits per heavy atom. The molecule has 0 bridgehead atoms. The second-order valence-corrected chi connectivity index (χ2v) is 6.15. The zero-order valence-electron chi connectivity index (χ0n) is 12.5.